The summed E-state index contributed by atoms with van der Waals surface area (Å²) in [6, 6.07) is 19.5. The molecule has 2 aromatic heterocycles. The number of oxazole rings is 1. The summed E-state index contributed by atoms with van der Waals surface area (Å²) in [6.07, 6.45) is 0. The van der Waals surface area contributed by atoms with E-state index in [0.29, 0.717) is 0 Å². The predicted octanol–water partition coefficient (Wildman–Crippen LogP) is 5.29. The van der Waals surface area contributed by atoms with Crippen LogP contribution in [-0.4, -0.2) is 13.4 Å². The normalized spacial score (nSPS) is 11.4. The Morgan fingerprint density at radius 1 is 0.963 bits per heavy atom. The molecule has 0 aliphatic rings. The highest BCUT2D eigenvalue weighted by Gasteiger charge is 2.28. The highest BCUT2D eigenvalue weighted by molar-refractivity contribution is 7.91. The molecule has 0 amide bonds. The van der Waals surface area contributed by atoms with Crippen LogP contribution in [0, 0.1) is 6.92 Å². The second-order valence-corrected chi connectivity index (χ2v) is 8.75. The van der Waals surface area contributed by atoms with Crippen molar-refractivity contribution in [2.24, 2.45) is 0 Å². The molecule has 0 bridgehead atoms. The number of aryl methyl sites for hydroxylation is 1. The first kappa shape index (κ1) is 17.5. The van der Waals surface area contributed by atoms with Crippen LogP contribution in [0.4, 0.5) is 11.6 Å². The van der Waals surface area contributed by atoms with Gasteiger partial charge in [0.05, 0.1) is 9.77 Å². The lowest BCUT2D eigenvalue weighted by atomic mass is 10.2. The van der Waals surface area contributed by atoms with E-state index < -0.39 is 9.84 Å². The minimum Gasteiger partial charge on any atom is -0.418 e. The van der Waals surface area contributed by atoms with E-state index in [1.807, 2.05) is 48.7 Å². The largest absolute Gasteiger partial charge is 0.418 e. The molecule has 0 spiro atoms. The zero-order valence-corrected chi connectivity index (χ0v) is 16.0. The molecule has 0 radical (unpaired) electrons. The van der Waals surface area contributed by atoms with Gasteiger partial charge in [-0.25, -0.2) is 8.42 Å². The van der Waals surface area contributed by atoms with Crippen LogP contribution in [0.1, 0.15) is 5.56 Å². The molecule has 0 unspecified atom stereocenters. The van der Waals surface area contributed by atoms with Crippen molar-refractivity contribution >= 4 is 32.7 Å². The van der Waals surface area contributed by atoms with Gasteiger partial charge >= 0.3 is 0 Å². The number of anilines is 2. The fourth-order valence-corrected chi connectivity index (χ4v) is 4.48. The van der Waals surface area contributed by atoms with Crippen molar-refractivity contribution < 1.29 is 12.8 Å². The van der Waals surface area contributed by atoms with E-state index in [1.165, 1.54) is 11.3 Å². The van der Waals surface area contributed by atoms with Gasteiger partial charge in [0.15, 0.2) is 0 Å². The zero-order valence-electron chi connectivity index (χ0n) is 14.4. The number of sulfone groups is 1. The van der Waals surface area contributed by atoms with Gasteiger partial charge in [0, 0.05) is 5.69 Å². The van der Waals surface area contributed by atoms with Crippen molar-refractivity contribution in [1.82, 2.24) is 4.98 Å². The van der Waals surface area contributed by atoms with Gasteiger partial charge in [-0.1, -0.05) is 42.0 Å². The molecular formula is C20H16N2O3S2. The maximum atomic E-state index is 13.1. The van der Waals surface area contributed by atoms with Crippen molar-refractivity contribution in [3.8, 4) is 10.8 Å². The van der Waals surface area contributed by atoms with Crippen LogP contribution in [0.15, 0.2) is 86.4 Å². The number of hydrogen-bond donors (Lipinski definition) is 1. The van der Waals surface area contributed by atoms with Gasteiger partial charge in [-0.05, 0) is 42.6 Å². The van der Waals surface area contributed by atoms with Gasteiger partial charge in [-0.3, -0.25) is 0 Å². The van der Waals surface area contributed by atoms with Crippen molar-refractivity contribution in [2.75, 3.05) is 5.32 Å². The standard InChI is InChI=1S/C20H16N2O3S2/c1-14-9-11-15(12-10-14)21-19-20(22-18(25-19)17-8-5-13-26-17)27(23,24)16-6-3-2-4-7-16/h2-13,21H,1H3. The molecule has 0 saturated heterocycles. The van der Waals surface area contributed by atoms with Crippen molar-refractivity contribution in [2.45, 2.75) is 16.8 Å². The molecule has 0 aliphatic heterocycles. The minimum atomic E-state index is -3.83. The van der Waals surface area contributed by atoms with E-state index in [0.717, 1.165) is 16.1 Å². The Morgan fingerprint density at radius 3 is 2.37 bits per heavy atom. The lowest BCUT2D eigenvalue weighted by molar-refractivity contribution is 0.582. The fraction of sp³-hybridized carbons (Fsp3) is 0.0500. The number of hydrogen-bond acceptors (Lipinski definition) is 6. The Morgan fingerprint density at radius 2 is 1.70 bits per heavy atom. The van der Waals surface area contributed by atoms with Crippen LogP contribution in [0.5, 0.6) is 0 Å². The molecular weight excluding hydrogens is 380 g/mol. The van der Waals surface area contributed by atoms with E-state index >= 15 is 0 Å². The molecule has 2 aromatic carbocycles. The molecule has 0 atom stereocenters. The summed E-state index contributed by atoms with van der Waals surface area (Å²) in [6.45, 7) is 1.98. The second-order valence-electron chi connectivity index (χ2n) is 5.94. The molecule has 4 aromatic rings. The topological polar surface area (TPSA) is 72.2 Å². The Balaban J connectivity index is 1.83. The number of rotatable bonds is 5. The van der Waals surface area contributed by atoms with Crippen molar-refractivity contribution in [3.05, 3.63) is 77.7 Å². The summed E-state index contributed by atoms with van der Waals surface area (Å²) >= 11 is 1.43. The van der Waals surface area contributed by atoms with Crippen molar-refractivity contribution in [1.29, 1.82) is 0 Å². The smallest absolute Gasteiger partial charge is 0.240 e. The zero-order chi connectivity index (χ0) is 18.9. The Bertz CT molecular complexity index is 1150. The van der Waals surface area contributed by atoms with E-state index in [9.17, 15) is 8.42 Å². The quantitative estimate of drug-likeness (QED) is 0.496. The molecule has 0 aliphatic carbocycles. The highest BCUT2D eigenvalue weighted by Crippen LogP contribution is 2.35. The molecule has 2 heterocycles. The lowest BCUT2D eigenvalue weighted by Crippen LogP contribution is -2.05. The first-order chi connectivity index (χ1) is 13.0. The van der Waals surface area contributed by atoms with Crippen LogP contribution in [-0.2, 0) is 9.84 Å². The van der Waals surface area contributed by atoms with E-state index in [1.54, 1.807) is 30.3 Å². The van der Waals surface area contributed by atoms with Gasteiger partial charge in [-0.15, -0.1) is 11.3 Å². The van der Waals surface area contributed by atoms with Crippen LogP contribution < -0.4 is 5.32 Å². The van der Waals surface area contributed by atoms with Gasteiger partial charge < -0.3 is 9.73 Å². The first-order valence-corrected chi connectivity index (χ1v) is 10.6. The summed E-state index contributed by atoms with van der Waals surface area (Å²) in [4.78, 5) is 5.24. The Hall–Kier alpha value is -2.90. The number of nitrogens with zero attached hydrogens (tertiary/aromatic N) is 1. The summed E-state index contributed by atoms with van der Waals surface area (Å²) in [5, 5.41) is 4.81. The van der Waals surface area contributed by atoms with Gasteiger partial charge in [-0.2, -0.15) is 4.98 Å². The number of thiophene rings is 1. The van der Waals surface area contributed by atoms with E-state index in [-0.39, 0.29) is 21.7 Å². The van der Waals surface area contributed by atoms with Crippen molar-refractivity contribution in [3.63, 3.8) is 0 Å². The molecule has 5 nitrogen and oxygen atoms in total. The van der Waals surface area contributed by atoms with E-state index in [4.69, 9.17) is 4.42 Å². The molecule has 136 valence electrons. The molecule has 0 fully saturated rings. The monoisotopic (exact) mass is 396 g/mol. The molecule has 4 rings (SSSR count). The maximum absolute atomic E-state index is 13.1. The third kappa shape index (κ3) is 3.51. The summed E-state index contributed by atoms with van der Waals surface area (Å²) < 4.78 is 32.1. The average Bonchev–Trinajstić information content (AvgIpc) is 3.34. The SMILES string of the molecule is Cc1ccc(Nc2oc(-c3cccs3)nc2S(=O)(=O)c2ccccc2)cc1. The highest BCUT2D eigenvalue weighted by atomic mass is 32.2. The van der Waals surface area contributed by atoms with Crippen LogP contribution in [0.25, 0.3) is 10.8 Å². The third-order valence-electron chi connectivity index (χ3n) is 3.95. The van der Waals surface area contributed by atoms with Gasteiger partial charge in [0.2, 0.25) is 26.6 Å². The minimum absolute atomic E-state index is 0.103. The van der Waals surface area contributed by atoms with E-state index in [2.05, 4.69) is 10.3 Å². The predicted molar refractivity (Wildman–Crippen MR) is 106 cm³/mol. The third-order valence-corrected chi connectivity index (χ3v) is 6.48. The molecule has 1 N–H and O–H groups in total. The summed E-state index contributed by atoms with van der Waals surface area (Å²) in [5.41, 5.74) is 1.83. The van der Waals surface area contributed by atoms with Gasteiger partial charge in [0.1, 0.15) is 0 Å². The van der Waals surface area contributed by atoms with Gasteiger partial charge in [0.25, 0.3) is 0 Å². The Kier molecular flexibility index (Phi) is 4.55. The first-order valence-electron chi connectivity index (χ1n) is 8.22. The van der Waals surface area contributed by atoms with Crippen LogP contribution in [0.2, 0.25) is 0 Å². The summed E-state index contributed by atoms with van der Waals surface area (Å²) in [5.74, 6) is 0.375. The van der Waals surface area contributed by atoms with Crippen LogP contribution in [0.3, 0.4) is 0 Å². The average molecular weight is 396 g/mol. The fourth-order valence-electron chi connectivity index (χ4n) is 2.55. The lowest BCUT2D eigenvalue weighted by Gasteiger charge is -2.06. The molecule has 27 heavy (non-hydrogen) atoms. The number of nitrogens with one attached hydrogen (secondary N) is 1. The molecule has 0 saturated carbocycles. The Labute approximate surface area is 161 Å². The summed E-state index contributed by atoms with van der Waals surface area (Å²) in [7, 11) is -3.83. The maximum Gasteiger partial charge on any atom is 0.240 e. The molecule has 7 heteroatoms. The number of benzene rings is 2. The number of aromatic nitrogens is 1. The van der Waals surface area contributed by atoms with Crippen LogP contribution >= 0.6 is 11.3 Å². The second kappa shape index (κ2) is 7.02.